The first kappa shape index (κ1) is 17.7. The number of rotatable bonds is 12. The molecule has 0 spiro atoms. The van der Waals surface area contributed by atoms with E-state index in [9.17, 15) is 0 Å². The summed E-state index contributed by atoms with van der Waals surface area (Å²) in [7, 11) is 0. The average molecular weight is 255 g/mol. The van der Waals surface area contributed by atoms with Crippen LogP contribution in [0.15, 0.2) is 12.2 Å². The molecule has 2 nitrogen and oxygen atoms in total. The van der Waals surface area contributed by atoms with Crippen molar-refractivity contribution in [3.8, 4) is 0 Å². The van der Waals surface area contributed by atoms with Gasteiger partial charge in [-0.3, -0.25) is 0 Å². The molecule has 1 N–H and O–H groups in total. The molecule has 0 rings (SSSR count). The van der Waals surface area contributed by atoms with Crippen LogP contribution in [0.3, 0.4) is 0 Å². The predicted octanol–water partition coefficient (Wildman–Crippen LogP) is 3.59. The van der Waals surface area contributed by atoms with Crippen LogP contribution >= 0.6 is 0 Å². The van der Waals surface area contributed by atoms with Gasteiger partial charge in [-0.05, 0) is 53.5 Å². The summed E-state index contributed by atoms with van der Waals surface area (Å²) in [6.07, 6.45) is 5.43. The number of nitrogens with zero attached hydrogens (tertiary/aromatic N) is 1. The van der Waals surface area contributed by atoms with Crippen molar-refractivity contribution in [3.05, 3.63) is 12.2 Å². The number of hydrogen-bond donors (Lipinski definition) is 1. The summed E-state index contributed by atoms with van der Waals surface area (Å²) in [6.45, 7) is 20.3. The van der Waals surface area contributed by atoms with E-state index in [1.165, 1.54) is 61.9 Å². The van der Waals surface area contributed by atoms with Gasteiger partial charge in [0.05, 0.1) is 26.2 Å². The Morgan fingerprint density at radius 2 is 1.50 bits per heavy atom. The fourth-order valence-corrected chi connectivity index (χ4v) is 2.50. The van der Waals surface area contributed by atoms with Crippen LogP contribution in [-0.2, 0) is 0 Å². The van der Waals surface area contributed by atoms with Gasteiger partial charge in [-0.15, -0.1) is 0 Å². The molecule has 0 radical (unpaired) electrons. The molecule has 0 fully saturated rings. The first-order valence-corrected chi connectivity index (χ1v) is 7.80. The first-order chi connectivity index (χ1) is 8.60. The van der Waals surface area contributed by atoms with Crippen molar-refractivity contribution in [3.63, 3.8) is 0 Å². The third kappa shape index (κ3) is 7.88. The van der Waals surface area contributed by atoms with Crippen LogP contribution in [0, 0.1) is 0 Å². The minimum absolute atomic E-state index is 0.974. The van der Waals surface area contributed by atoms with Crippen LogP contribution in [0.5, 0.6) is 0 Å². The van der Waals surface area contributed by atoms with Gasteiger partial charge in [-0.1, -0.05) is 18.6 Å². The lowest BCUT2D eigenvalue weighted by atomic mass is 10.1. The van der Waals surface area contributed by atoms with Crippen molar-refractivity contribution in [2.24, 2.45) is 0 Å². The Hall–Kier alpha value is -0.340. The third-order valence-corrected chi connectivity index (χ3v) is 4.18. The molecule has 0 aromatic rings. The Balaban J connectivity index is 3.47. The fourth-order valence-electron chi connectivity index (χ4n) is 2.50. The maximum Gasteiger partial charge on any atom is 0.0786 e. The van der Waals surface area contributed by atoms with Gasteiger partial charge in [0.1, 0.15) is 0 Å². The second kappa shape index (κ2) is 10.6. The molecule has 0 aromatic heterocycles. The fraction of sp³-hybridized carbons (Fsp3) is 0.875. The van der Waals surface area contributed by atoms with Gasteiger partial charge in [0.15, 0.2) is 0 Å². The lowest BCUT2D eigenvalue weighted by Crippen LogP contribution is -2.48. The van der Waals surface area contributed by atoms with Crippen molar-refractivity contribution in [2.45, 2.75) is 53.4 Å². The van der Waals surface area contributed by atoms with E-state index in [1.807, 2.05) is 0 Å². The van der Waals surface area contributed by atoms with Crippen LogP contribution in [-0.4, -0.2) is 43.8 Å². The smallest absolute Gasteiger partial charge is 0.0786 e. The largest absolute Gasteiger partial charge is 0.324 e. The van der Waals surface area contributed by atoms with Crippen molar-refractivity contribution in [1.29, 1.82) is 0 Å². The van der Waals surface area contributed by atoms with Crippen LogP contribution in [0.2, 0.25) is 0 Å². The highest BCUT2D eigenvalue weighted by Crippen LogP contribution is 2.10. The maximum absolute atomic E-state index is 3.89. The standard InChI is InChI=1S/C16H35N2/c1-6-18(7-2,8-3)14-12-10-9-11-13-17-15-16(4)5/h17H,4,6-15H2,1-3,5H3/q+1. The molecule has 0 atom stereocenters. The lowest BCUT2D eigenvalue weighted by molar-refractivity contribution is -0.923. The van der Waals surface area contributed by atoms with Gasteiger partial charge in [0.2, 0.25) is 0 Å². The summed E-state index contributed by atoms with van der Waals surface area (Å²) in [5, 5.41) is 3.42. The van der Waals surface area contributed by atoms with E-state index in [-0.39, 0.29) is 0 Å². The normalized spacial score (nSPS) is 11.8. The van der Waals surface area contributed by atoms with E-state index < -0.39 is 0 Å². The number of hydrogen-bond acceptors (Lipinski definition) is 1. The van der Waals surface area contributed by atoms with Crippen LogP contribution < -0.4 is 5.32 Å². The predicted molar refractivity (Wildman–Crippen MR) is 82.9 cm³/mol. The SMILES string of the molecule is C=C(C)CNCCCCCC[N+](CC)(CC)CC. The molecular formula is C16H35N2+. The highest BCUT2D eigenvalue weighted by Gasteiger charge is 2.19. The summed E-state index contributed by atoms with van der Waals surface area (Å²) < 4.78 is 1.30. The van der Waals surface area contributed by atoms with E-state index in [1.54, 1.807) is 0 Å². The summed E-state index contributed by atoms with van der Waals surface area (Å²) in [4.78, 5) is 0. The van der Waals surface area contributed by atoms with Crippen LogP contribution in [0.25, 0.3) is 0 Å². The Labute approximate surface area is 115 Å². The minimum atomic E-state index is 0.974. The first-order valence-electron chi connectivity index (χ1n) is 7.80. The molecule has 0 aliphatic heterocycles. The Kier molecular flexibility index (Phi) is 10.4. The molecule has 0 saturated heterocycles. The topological polar surface area (TPSA) is 12.0 Å². The van der Waals surface area contributed by atoms with E-state index in [2.05, 4.69) is 39.6 Å². The van der Waals surface area contributed by atoms with Crippen LogP contribution in [0.1, 0.15) is 53.4 Å². The molecule has 0 unspecified atom stereocenters. The summed E-state index contributed by atoms with van der Waals surface area (Å²) in [5.74, 6) is 0. The van der Waals surface area contributed by atoms with Gasteiger partial charge in [0, 0.05) is 6.54 Å². The molecule has 0 aliphatic rings. The highest BCUT2D eigenvalue weighted by molar-refractivity contribution is 4.90. The zero-order valence-electron chi connectivity index (χ0n) is 13.2. The lowest BCUT2D eigenvalue weighted by Gasteiger charge is -2.35. The van der Waals surface area contributed by atoms with E-state index >= 15 is 0 Å². The molecule has 0 heterocycles. The summed E-state index contributed by atoms with van der Waals surface area (Å²) >= 11 is 0. The van der Waals surface area contributed by atoms with Crippen LogP contribution in [0.4, 0.5) is 0 Å². The summed E-state index contributed by atoms with van der Waals surface area (Å²) in [6, 6.07) is 0. The van der Waals surface area contributed by atoms with Gasteiger partial charge in [-0.25, -0.2) is 0 Å². The Morgan fingerprint density at radius 3 is 2.00 bits per heavy atom. The van der Waals surface area contributed by atoms with Gasteiger partial charge >= 0.3 is 0 Å². The van der Waals surface area contributed by atoms with E-state index in [4.69, 9.17) is 0 Å². The Bertz CT molecular complexity index is 199. The molecule has 0 aromatic carbocycles. The zero-order chi connectivity index (χ0) is 13.9. The van der Waals surface area contributed by atoms with Gasteiger partial charge in [-0.2, -0.15) is 0 Å². The monoisotopic (exact) mass is 255 g/mol. The molecule has 0 bridgehead atoms. The molecule has 0 saturated carbocycles. The van der Waals surface area contributed by atoms with E-state index in [0.29, 0.717) is 0 Å². The Morgan fingerprint density at radius 1 is 0.944 bits per heavy atom. The third-order valence-electron chi connectivity index (χ3n) is 4.18. The van der Waals surface area contributed by atoms with Crippen molar-refractivity contribution >= 4 is 0 Å². The maximum atomic E-state index is 3.89. The highest BCUT2D eigenvalue weighted by atomic mass is 15.3. The molecule has 0 amide bonds. The number of unbranched alkanes of at least 4 members (excludes halogenated alkanes) is 3. The minimum Gasteiger partial charge on any atom is -0.324 e. The summed E-state index contributed by atoms with van der Waals surface area (Å²) in [5.41, 5.74) is 1.23. The second-order valence-electron chi connectivity index (χ2n) is 5.56. The van der Waals surface area contributed by atoms with Crippen molar-refractivity contribution in [1.82, 2.24) is 5.32 Å². The molecule has 0 aliphatic carbocycles. The average Bonchev–Trinajstić information content (AvgIpc) is 2.38. The van der Waals surface area contributed by atoms with Gasteiger partial charge in [0.25, 0.3) is 0 Å². The van der Waals surface area contributed by atoms with Gasteiger partial charge < -0.3 is 9.80 Å². The number of quaternary nitrogens is 1. The quantitative estimate of drug-likeness (QED) is 0.319. The zero-order valence-corrected chi connectivity index (χ0v) is 13.2. The molecular weight excluding hydrogens is 220 g/mol. The van der Waals surface area contributed by atoms with Crippen molar-refractivity contribution in [2.75, 3.05) is 39.3 Å². The van der Waals surface area contributed by atoms with E-state index in [0.717, 1.165) is 13.1 Å². The van der Waals surface area contributed by atoms with Crippen molar-refractivity contribution < 1.29 is 4.48 Å². The number of nitrogens with one attached hydrogen (secondary N) is 1. The second-order valence-corrected chi connectivity index (χ2v) is 5.56. The molecule has 2 heteroatoms. The molecule has 18 heavy (non-hydrogen) atoms. The molecule has 108 valence electrons.